The second kappa shape index (κ2) is 10.6. The number of aromatic nitrogens is 1. The Kier molecular flexibility index (Phi) is 7.43. The molecule has 0 saturated heterocycles. The first kappa shape index (κ1) is 23.1. The summed E-state index contributed by atoms with van der Waals surface area (Å²) in [6.45, 7) is 3.64. The fraction of sp³-hybridized carbons (Fsp3) is 0.130. The predicted octanol–water partition coefficient (Wildman–Crippen LogP) is 3.68. The van der Waals surface area contributed by atoms with Gasteiger partial charge in [0.05, 0.1) is 23.3 Å². The van der Waals surface area contributed by atoms with Crippen LogP contribution in [0.1, 0.15) is 38.8 Å². The third kappa shape index (κ3) is 5.97. The summed E-state index contributed by atoms with van der Waals surface area (Å²) in [7, 11) is 0. The Morgan fingerprint density at radius 3 is 2.52 bits per heavy atom. The van der Waals surface area contributed by atoms with Crippen LogP contribution in [0, 0.1) is 17.0 Å². The highest BCUT2D eigenvalue weighted by Crippen LogP contribution is 2.29. The zero-order valence-electron chi connectivity index (χ0n) is 17.8. The van der Waals surface area contributed by atoms with E-state index in [0.29, 0.717) is 29.0 Å². The lowest BCUT2D eigenvalue weighted by molar-refractivity contribution is -0.385. The summed E-state index contributed by atoms with van der Waals surface area (Å²) in [5.41, 5.74) is 3.86. The smallest absolute Gasteiger partial charge is 0.343 e. The van der Waals surface area contributed by atoms with Crippen LogP contribution < -0.4 is 14.9 Å². The van der Waals surface area contributed by atoms with E-state index in [1.807, 2.05) is 0 Å². The Hall–Kier alpha value is -4.60. The minimum Gasteiger partial charge on any atom is -0.490 e. The first-order valence-electron chi connectivity index (χ1n) is 9.86. The third-order valence-corrected chi connectivity index (χ3v) is 4.42. The molecule has 0 atom stereocenters. The number of aryl methyl sites for hydroxylation is 1. The molecule has 0 aliphatic carbocycles. The number of rotatable bonds is 8. The lowest BCUT2D eigenvalue weighted by Gasteiger charge is -2.11. The van der Waals surface area contributed by atoms with Crippen LogP contribution in [0.25, 0.3) is 0 Å². The van der Waals surface area contributed by atoms with Crippen molar-refractivity contribution in [3.05, 3.63) is 93.3 Å². The largest absolute Gasteiger partial charge is 0.490 e. The Balaban J connectivity index is 1.73. The molecule has 0 bridgehead atoms. The maximum absolute atomic E-state index is 12.5. The molecule has 10 heteroatoms. The summed E-state index contributed by atoms with van der Waals surface area (Å²) in [4.78, 5) is 38.9. The number of pyridine rings is 1. The number of carbonyl (C=O) groups is 2. The van der Waals surface area contributed by atoms with Gasteiger partial charge < -0.3 is 9.47 Å². The minimum atomic E-state index is -0.681. The van der Waals surface area contributed by atoms with Crippen molar-refractivity contribution in [2.45, 2.75) is 13.8 Å². The van der Waals surface area contributed by atoms with Crippen molar-refractivity contribution >= 4 is 23.8 Å². The van der Waals surface area contributed by atoms with E-state index in [-0.39, 0.29) is 22.9 Å². The first-order valence-corrected chi connectivity index (χ1v) is 9.86. The normalized spacial score (nSPS) is 10.6. The highest BCUT2D eigenvalue weighted by molar-refractivity contribution is 5.95. The molecule has 2 aromatic carbocycles. The van der Waals surface area contributed by atoms with E-state index in [0.717, 1.165) is 0 Å². The Morgan fingerprint density at radius 2 is 1.85 bits per heavy atom. The van der Waals surface area contributed by atoms with Crippen molar-refractivity contribution in [1.82, 2.24) is 10.4 Å². The molecule has 1 aromatic heterocycles. The van der Waals surface area contributed by atoms with Gasteiger partial charge in [-0.15, -0.1) is 0 Å². The summed E-state index contributed by atoms with van der Waals surface area (Å²) < 4.78 is 11.0. The van der Waals surface area contributed by atoms with E-state index in [4.69, 9.17) is 9.47 Å². The number of hydrogen-bond donors (Lipinski definition) is 1. The van der Waals surface area contributed by atoms with Crippen LogP contribution in [0.3, 0.4) is 0 Å². The quantitative estimate of drug-likeness (QED) is 0.183. The van der Waals surface area contributed by atoms with Gasteiger partial charge in [0.1, 0.15) is 0 Å². The van der Waals surface area contributed by atoms with Gasteiger partial charge in [-0.05, 0) is 61.9 Å². The lowest BCUT2D eigenvalue weighted by atomic mass is 10.1. The van der Waals surface area contributed by atoms with Crippen molar-refractivity contribution in [2.75, 3.05) is 6.61 Å². The molecule has 3 aromatic rings. The highest BCUT2D eigenvalue weighted by Gasteiger charge is 2.17. The SMILES string of the molecule is CCOc1cc(C=NNC(=O)c2ccncc2)ccc1OC(=O)c1ccc([N+](=O)[O-])c(C)c1. The fourth-order valence-electron chi connectivity index (χ4n) is 2.84. The number of amides is 1. The van der Waals surface area contributed by atoms with Gasteiger partial charge in [-0.3, -0.25) is 19.9 Å². The Labute approximate surface area is 189 Å². The number of carbonyl (C=O) groups excluding carboxylic acids is 2. The van der Waals surface area contributed by atoms with Crippen molar-refractivity contribution in [1.29, 1.82) is 0 Å². The van der Waals surface area contributed by atoms with Gasteiger partial charge in [-0.2, -0.15) is 5.10 Å². The average molecular weight is 448 g/mol. The van der Waals surface area contributed by atoms with E-state index < -0.39 is 10.9 Å². The first-order chi connectivity index (χ1) is 15.9. The van der Waals surface area contributed by atoms with Gasteiger partial charge in [0, 0.05) is 29.6 Å². The second-order valence-electron chi connectivity index (χ2n) is 6.72. The molecule has 0 spiro atoms. The number of nitrogens with zero attached hydrogens (tertiary/aromatic N) is 3. The molecule has 0 fully saturated rings. The van der Waals surface area contributed by atoms with E-state index in [9.17, 15) is 19.7 Å². The molecule has 1 heterocycles. The second-order valence-corrected chi connectivity index (χ2v) is 6.72. The topological polar surface area (TPSA) is 133 Å². The van der Waals surface area contributed by atoms with Gasteiger partial charge in [0.15, 0.2) is 11.5 Å². The monoisotopic (exact) mass is 448 g/mol. The number of hydrogen-bond acceptors (Lipinski definition) is 8. The van der Waals surface area contributed by atoms with Crippen LogP contribution in [0.5, 0.6) is 11.5 Å². The van der Waals surface area contributed by atoms with E-state index >= 15 is 0 Å². The van der Waals surface area contributed by atoms with Crippen LogP contribution in [0.4, 0.5) is 5.69 Å². The van der Waals surface area contributed by atoms with Crippen molar-refractivity contribution < 1.29 is 24.0 Å². The molecule has 1 N–H and O–H groups in total. The summed E-state index contributed by atoms with van der Waals surface area (Å²) in [5, 5.41) is 14.9. The molecule has 10 nitrogen and oxygen atoms in total. The van der Waals surface area contributed by atoms with Crippen molar-refractivity contribution in [3.63, 3.8) is 0 Å². The number of hydrazone groups is 1. The maximum Gasteiger partial charge on any atom is 0.343 e. The van der Waals surface area contributed by atoms with Gasteiger partial charge in [-0.25, -0.2) is 10.2 Å². The van der Waals surface area contributed by atoms with Crippen molar-refractivity contribution in [2.24, 2.45) is 5.10 Å². The molecule has 0 unspecified atom stereocenters. The standard InChI is InChI=1S/C23H20N4O6/c1-3-32-21-13-16(14-25-26-22(28)17-8-10-24-11-9-17)4-7-20(21)33-23(29)18-5-6-19(27(30)31)15(2)12-18/h4-14H,3H2,1-2H3,(H,26,28). The Bertz CT molecular complexity index is 1210. The number of ether oxygens (including phenoxy) is 2. The zero-order valence-corrected chi connectivity index (χ0v) is 17.8. The molecule has 33 heavy (non-hydrogen) atoms. The van der Waals surface area contributed by atoms with Gasteiger partial charge >= 0.3 is 5.97 Å². The van der Waals surface area contributed by atoms with E-state index in [1.165, 1.54) is 42.9 Å². The van der Waals surface area contributed by atoms with Crippen LogP contribution in [0.2, 0.25) is 0 Å². The Morgan fingerprint density at radius 1 is 1.09 bits per heavy atom. The predicted molar refractivity (Wildman–Crippen MR) is 120 cm³/mol. The fourth-order valence-corrected chi connectivity index (χ4v) is 2.84. The van der Waals surface area contributed by atoms with Gasteiger partial charge in [-0.1, -0.05) is 0 Å². The number of benzene rings is 2. The molecule has 0 aliphatic rings. The minimum absolute atomic E-state index is 0.0822. The molecule has 0 aliphatic heterocycles. The maximum atomic E-state index is 12.5. The zero-order chi connectivity index (χ0) is 23.8. The molecular formula is C23H20N4O6. The molecule has 1 amide bonds. The molecule has 0 saturated carbocycles. The summed E-state index contributed by atoms with van der Waals surface area (Å²) >= 11 is 0. The van der Waals surface area contributed by atoms with Crippen LogP contribution in [-0.2, 0) is 0 Å². The molecule has 3 rings (SSSR count). The van der Waals surface area contributed by atoms with Crippen LogP contribution >= 0.6 is 0 Å². The third-order valence-electron chi connectivity index (χ3n) is 4.42. The number of nitro benzene ring substituents is 1. The van der Waals surface area contributed by atoms with E-state index in [2.05, 4.69) is 15.5 Å². The molecular weight excluding hydrogens is 428 g/mol. The molecule has 168 valence electrons. The number of nitrogens with one attached hydrogen (secondary N) is 1. The average Bonchev–Trinajstić information content (AvgIpc) is 2.81. The van der Waals surface area contributed by atoms with Gasteiger partial charge in [0.2, 0.25) is 0 Å². The molecule has 0 radical (unpaired) electrons. The summed E-state index contributed by atoms with van der Waals surface area (Å²) in [6.07, 6.45) is 4.43. The lowest BCUT2D eigenvalue weighted by Crippen LogP contribution is -2.17. The summed E-state index contributed by atoms with van der Waals surface area (Å²) in [5.74, 6) is -0.590. The highest BCUT2D eigenvalue weighted by atomic mass is 16.6. The van der Waals surface area contributed by atoms with E-state index in [1.54, 1.807) is 38.1 Å². The van der Waals surface area contributed by atoms with Crippen LogP contribution in [-0.4, -0.2) is 34.6 Å². The number of esters is 1. The van der Waals surface area contributed by atoms with Crippen molar-refractivity contribution in [3.8, 4) is 11.5 Å². The number of nitro groups is 1. The summed E-state index contributed by atoms with van der Waals surface area (Å²) in [6, 6.07) is 11.9. The van der Waals surface area contributed by atoms with Gasteiger partial charge in [0.25, 0.3) is 11.6 Å². The van der Waals surface area contributed by atoms with Crippen LogP contribution in [0.15, 0.2) is 66.0 Å².